The van der Waals surface area contributed by atoms with Gasteiger partial charge >= 0.3 is 0 Å². The summed E-state index contributed by atoms with van der Waals surface area (Å²) in [6.45, 7) is 3.07. The van der Waals surface area contributed by atoms with Crippen LogP contribution in [0.3, 0.4) is 0 Å². The van der Waals surface area contributed by atoms with E-state index in [4.69, 9.17) is 11.6 Å². The number of hydrogen-bond acceptors (Lipinski definition) is 3. The maximum atomic E-state index is 6.38. The highest BCUT2D eigenvalue weighted by atomic mass is 35.5. The first-order valence-corrected chi connectivity index (χ1v) is 8.19. The van der Waals surface area contributed by atoms with E-state index in [0.717, 1.165) is 17.3 Å². The highest BCUT2D eigenvalue weighted by Crippen LogP contribution is 2.34. The normalized spacial score (nSPS) is 13.1. The van der Waals surface area contributed by atoms with E-state index < -0.39 is 0 Å². The average Bonchev–Trinajstić information content (AvgIpc) is 2.65. The number of benzene rings is 1. The smallest absolute Gasteiger partial charge is 0.0636 e. The zero-order chi connectivity index (χ0) is 12.3. The molecule has 1 aromatic heterocycles. The summed E-state index contributed by atoms with van der Waals surface area (Å²) in [4.78, 5) is 1.24. The quantitative estimate of drug-likeness (QED) is 0.874. The molecular formula is C13H16ClNS2. The third-order valence-electron chi connectivity index (χ3n) is 2.63. The van der Waals surface area contributed by atoms with Crippen molar-refractivity contribution >= 4 is 44.8 Å². The molecule has 1 atom stereocenters. The van der Waals surface area contributed by atoms with Crippen LogP contribution in [0.5, 0.6) is 0 Å². The van der Waals surface area contributed by atoms with Gasteiger partial charge in [-0.15, -0.1) is 11.3 Å². The summed E-state index contributed by atoms with van der Waals surface area (Å²) in [6, 6.07) is 8.83. The van der Waals surface area contributed by atoms with Crippen molar-refractivity contribution < 1.29 is 0 Å². The van der Waals surface area contributed by atoms with Gasteiger partial charge in [0.15, 0.2) is 0 Å². The van der Waals surface area contributed by atoms with E-state index in [9.17, 15) is 0 Å². The summed E-state index contributed by atoms with van der Waals surface area (Å²) in [7, 11) is 0. The molecule has 92 valence electrons. The molecule has 0 aliphatic rings. The van der Waals surface area contributed by atoms with Crippen LogP contribution in [0.2, 0.25) is 5.02 Å². The van der Waals surface area contributed by atoms with Crippen molar-refractivity contribution in [2.75, 3.05) is 12.0 Å². The maximum absolute atomic E-state index is 6.38. The molecule has 2 aromatic rings. The third-order valence-corrected chi connectivity index (χ3v) is 5.18. The van der Waals surface area contributed by atoms with Gasteiger partial charge in [-0.1, -0.05) is 29.8 Å². The molecule has 1 N–H and O–H groups in total. The first-order valence-electron chi connectivity index (χ1n) is 5.60. The zero-order valence-corrected chi connectivity index (χ0v) is 12.4. The third kappa shape index (κ3) is 3.16. The average molecular weight is 286 g/mol. The minimum atomic E-state index is 0.520. The molecule has 4 heteroatoms. The zero-order valence-electron chi connectivity index (χ0n) is 10.00. The van der Waals surface area contributed by atoms with Gasteiger partial charge in [0.2, 0.25) is 0 Å². The van der Waals surface area contributed by atoms with Crippen molar-refractivity contribution in [1.82, 2.24) is 5.32 Å². The predicted octanol–water partition coefficient (Wildman–Crippen LogP) is 4.40. The Morgan fingerprint density at radius 2 is 2.18 bits per heavy atom. The fourth-order valence-corrected chi connectivity index (χ4v) is 3.82. The molecule has 1 unspecified atom stereocenters. The van der Waals surface area contributed by atoms with Crippen LogP contribution in [0.1, 0.15) is 11.8 Å². The maximum Gasteiger partial charge on any atom is 0.0636 e. The van der Waals surface area contributed by atoms with Gasteiger partial charge in [0.05, 0.1) is 5.02 Å². The molecule has 0 radical (unpaired) electrons. The highest BCUT2D eigenvalue weighted by Gasteiger charge is 2.10. The van der Waals surface area contributed by atoms with E-state index in [2.05, 4.69) is 36.7 Å². The number of rotatable bonds is 5. The number of thioether (sulfide) groups is 1. The molecule has 0 saturated carbocycles. The largest absolute Gasteiger partial charge is 0.309 e. The second-order valence-corrected chi connectivity index (χ2v) is 6.50. The Balaban J connectivity index is 2.11. The second kappa shape index (κ2) is 6.10. The van der Waals surface area contributed by atoms with Crippen LogP contribution >= 0.6 is 34.7 Å². The van der Waals surface area contributed by atoms with Gasteiger partial charge < -0.3 is 5.32 Å². The molecule has 0 spiro atoms. The fourth-order valence-electron chi connectivity index (χ4n) is 1.75. The lowest BCUT2D eigenvalue weighted by Crippen LogP contribution is -2.27. The van der Waals surface area contributed by atoms with Gasteiger partial charge in [0.1, 0.15) is 0 Å². The fraction of sp³-hybridized carbons (Fsp3) is 0.385. The van der Waals surface area contributed by atoms with Crippen molar-refractivity contribution in [3.8, 4) is 0 Å². The molecule has 0 bridgehead atoms. The van der Waals surface area contributed by atoms with E-state index in [1.165, 1.54) is 15.0 Å². The molecule has 0 aliphatic heterocycles. The number of nitrogens with one attached hydrogen (secondary N) is 1. The SMILES string of the molecule is CSCC(C)NCc1sc2ccccc2c1Cl. The van der Waals surface area contributed by atoms with Crippen molar-refractivity contribution in [3.05, 3.63) is 34.2 Å². The van der Waals surface area contributed by atoms with Crippen molar-refractivity contribution in [1.29, 1.82) is 0 Å². The summed E-state index contributed by atoms with van der Waals surface area (Å²) in [6.07, 6.45) is 2.13. The van der Waals surface area contributed by atoms with E-state index in [-0.39, 0.29) is 0 Å². The minimum absolute atomic E-state index is 0.520. The van der Waals surface area contributed by atoms with Crippen LogP contribution in [0, 0.1) is 0 Å². The Hall–Kier alpha value is -0.220. The summed E-state index contributed by atoms with van der Waals surface area (Å²) in [5.74, 6) is 1.13. The number of hydrogen-bond donors (Lipinski definition) is 1. The Morgan fingerprint density at radius 3 is 2.88 bits per heavy atom. The monoisotopic (exact) mass is 285 g/mol. The van der Waals surface area contributed by atoms with Gasteiger partial charge in [-0.25, -0.2) is 0 Å². The topological polar surface area (TPSA) is 12.0 Å². The number of halogens is 1. The van der Waals surface area contributed by atoms with Crippen LogP contribution in [-0.4, -0.2) is 18.1 Å². The molecule has 1 heterocycles. The molecule has 0 amide bonds. The van der Waals surface area contributed by atoms with E-state index in [1.807, 2.05) is 17.8 Å². The summed E-state index contributed by atoms with van der Waals surface area (Å²) in [5, 5.41) is 5.59. The lowest BCUT2D eigenvalue weighted by Gasteiger charge is -2.11. The summed E-state index contributed by atoms with van der Waals surface area (Å²) >= 11 is 10.0. The Kier molecular flexibility index (Phi) is 4.74. The second-order valence-electron chi connectivity index (χ2n) is 4.07. The van der Waals surface area contributed by atoms with Crippen molar-refractivity contribution in [3.63, 3.8) is 0 Å². The van der Waals surface area contributed by atoms with Crippen LogP contribution in [0.4, 0.5) is 0 Å². The summed E-state index contributed by atoms with van der Waals surface area (Å²) in [5.41, 5.74) is 0. The molecule has 1 nitrogen and oxygen atoms in total. The van der Waals surface area contributed by atoms with Gasteiger partial charge in [0, 0.05) is 33.3 Å². The number of fused-ring (bicyclic) bond motifs is 1. The van der Waals surface area contributed by atoms with Crippen LogP contribution in [0.25, 0.3) is 10.1 Å². The molecule has 0 saturated heterocycles. The van der Waals surface area contributed by atoms with Crippen molar-refractivity contribution in [2.45, 2.75) is 19.5 Å². The van der Waals surface area contributed by atoms with Crippen LogP contribution < -0.4 is 5.32 Å². The first kappa shape index (κ1) is 13.2. The van der Waals surface area contributed by atoms with Gasteiger partial charge in [-0.2, -0.15) is 11.8 Å². The predicted molar refractivity (Wildman–Crippen MR) is 81.5 cm³/mol. The number of thiophene rings is 1. The molecule has 17 heavy (non-hydrogen) atoms. The molecule has 0 aliphatic carbocycles. The van der Waals surface area contributed by atoms with Gasteiger partial charge in [0.25, 0.3) is 0 Å². The lowest BCUT2D eigenvalue weighted by molar-refractivity contribution is 0.601. The Morgan fingerprint density at radius 1 is 1.41 bits per heavy atom. The molecular weight excluding hydrogens is 270 g/mol. The molecule has 0 fully saturated rings. The standard InChI is InChI=1S/C13H16ClNS2/c1-9(8-16-2)15-7-12-13(14)10-5-3-4-6-11(10)17-12/h3-6,9,15H,7-8H2,1-2H3. The lowest BCUT2D eigenvalue weighted by atomic mass is 10.2. The van der Waals surface area contributed by atoms with E-state index in [0.29, 0.717) is 6.04 Å². The van der Waals surface area contributed by atoms with E-state index in [1.54, 1.807) is 11.3 Å². The molecule has 2 rings (SSSR count). The Labute approximate surface area is 116 Å². The van der Waals surface area contributed by atoms with Crippen LogP contribution in [0.15, 0.2) is 24.3 Å². The van der Waals surface area contributed by atoms with Crippen molar-refractivity contribution in [2.24, 2.45) is 0 Å². The van der Waals surface area contributed by atoms with Crippen LogP contribution in [-0.2, 0) is 6.54 Å². The molecule has 1 aromatic carbocycles. The van der Waals surface area contributed by atoms with Gasteiger partial charge in [-0.05, 0) is 19.2 Å². The highest BCUT2D eigenvalue weighted by molar-refractivity contribution is 7.98. The minimum Gasteiger partial charge on any atom is -0.309 e. The first-order chi connectivity index (χ1) is 8.22. The Bertz CT molecular complexity index is 495. The van der Waals surface area contributed by atoms with Gasteiger partial charge in [-0.3, -0.25) is 0 Å². The summed E-state index contributed by atoms with van der Waals surface area (Å²) < 4.78 is 1.27. The van der Waals surface area contributed by atoms with E-state index >= 15 is 0 Å².